The molecule has 168 valence electrons. The fourth-order valence-corrected chi connectivity index (χ4v) is 3.36. The third-order valence-corrected chi connectivity index (χ3v) is 5.03. The van der Waals surface area contributed by atoms with Crippen molar-refractivity contribution in [3.63, 3.8) is 0 Å². The second-order valence-corrected chi connectivity index (χ2v) is 7.28. The van der Waals surface area contributed by atoms with Gasteiger partial charge in [-0.2, -0.15) is 0 Å². The smallest absolute Gasteiger partial charge is 0.351 e. The lowest BCUT2D eigenvalue weighted by molar-refractivity contribution is 0.0730. The number of rotatable bonds is 5. The topological polar surface area (TPSA) is 129 Å². The zero-order valence-corrected chi connectivity index (χ0v) is 17.4. The standard InChI is InChI=1S/C25H15NO8/c27-22(26-13-17-5-3-9-31-17)18-10-15-7-8-16(12-21(15)34-23(18)28)32-24(29)19-11-14-4-1-2-6-20(14)33-25(19)30/h1-12H,13H2,(H,26,27). The third kappa shape index (κ3) is 4.09. The lowest BCUT2D eigenvalue weighted by Crippen LogP contribution is -2.27. The molecule has 3 aromatic heterocycles. The predicted molar refractivity (Wildman–Crippen MR) is 120 cm³/mol. The van der Waals surface area contributed by atoms with Crippen LogP contribution >= 0.6 is 0 Å². The summed E-state index contributed by atoms with van der Waals surface area (Å²) < 4.78 is 20.8. The van der Waals surface area contributed by atoms with E-state index in [1.807, 2.05) is 0 Å². The molecule has 9 nitrogen and oxygen atoms in total. The second kappa shape index (κ2) is 8.55. The molecule has 3 heterocycles. The molecule has 0 saturated heterocycles. The van der Waals surface area contributed by atoms with Gasteiger partial charge < -0.3 is 23.3 Å². The summed E-state index contributed by atoms with van der Waals surface area (Å²) in [5, 5.41) is 3.58. The minimum Gasteiger partial charge on any atom is -0.467 e. The number of ether oxygens (including phenoxy) is 1. The number of fused-ring (bicyclic) bond motifs is 2. The molecule has 0 saturated carbocycles. The SMILES string of the molecule is O=C(NCc1ccco1)c1cc2ccc(OC(=O)c3cc4ccccc4oc3=O)cc2oc1=O. The van der Waals surface area contributed by atoms with Gasteiger partial charge in [0.15, 0.2) is 0 Å². The van der Waals surface area contributed by atoms with Gasteiger partial charge in [0.2, 0.25) is 0 Å². The van der Waals surface area contributed by atoms with Crippen molar-refractivity contribution < 1.29 is 27.6 Å². The normalized spacial score (nSPS) is 10.9. The van der Waals surface area contributed by atoms with Crippen LogP contribution in [0.25, 0.3) is 21.9 Å². The number of hydrogen-bond donors (Lipinski definition) is 1. The van der Waals surface area contributed by atoms with E-state index in [-0.39, 0.29) is 29.0 Å². The van der Waals surface area contributed by atoms with Gasteiger partial charge in [0.05, 0.1) is 12.8 Å². The van der Waals surface area contributed by atoms with Crippen LogP contribution in [0, 0.1) is 0 Å². The van der Waals surface area contributed by atoms with Gasteiger partial charge in [-0.05, 0) is 42.5 Å². The number of hydrogen-bond acceptors (Lipinski definition) is 8. The van der Waals surface area contributed by atoms with E-state index in [1.165, 1.54) is 36.6 Å². The zero-order valence-electron chi connectivity index (χ0n) is 17.4. The molecule has 2 aromatic carbocycles. The molecule has 0 unspecified atom stereocenters. The van der Waals surface area contributed by atoms with Crippen molar-refractivity contribution >= 4 is 33.8 Å². The monoisotopic (exact) mass is 457 g/mol. The van der Waals surface area contributed by atoms with Crippen LogP contribution in [0.5, 0.6) is 5.75 Å². The lowest BCUT2D eigenvalue weighted by Gasteiger charge is -2.07. The Balaban J connectivity index is 1.38. The van der Waals surface area contributed by atoms with Crippen LogP contribution in [0.3, 0.4) is 0 Å². The maximum atomic E-state index is 12.6. The van der Waals surface area contributed by atoms with E-state index in [9.17, 15) is 19.2 Å². The van der Waals surface area contributed by atoms with Crippen molar-refractivity contribution in [2.45, 2.75) is 6.54 Å². The first-order chi connectivity index (χ1) is 16.5. The molecule has 0 fully saturated rings. The maximum absolute atomic E-state index is 12.6. The van der Waals surface area contributed by atoms with Crippen LogP contribution in [-0.2, 0) is 6.54 Å². The Morgan fingerprint density at radius 3 is 2.35 bits per heavy atom. The summed E-state index contributed by atoms with van der Waals surface area (Å²) in [4.78, 5) is 49.5. The van der Waals surface area contributed by atoms with Crippen molar-refractivity contribution in [1.29, 1.82) is 0 Å². The molecule has 0 spiro atoms. The summed E-state index contributed by atoms with van der Waals surface area (Å²) >= 11 is 0. The molecule has 0 radical (unpaired) electrons. The van der Waals surface area contributed by atoms with Crippen LogP contribution < -0.4 is 21.3 Å². The molecule has 9 heteroatoms. The quantitative estimate of drug-likeness (QED) is 0.241. The van der Waals surface area contributed by atoms with E-state index < -0.39 is 23.1 Å². The molecule has 0 bridgehead atoms. The number of amides is 1. The number of carbonyl (C=O) groups is 2. The molecule has 1 N–H and O–H groups in total. The van der Waals surface area contributed by atoms with Crippen molar-refractivity contribution in [2.24, 2.45) is 0 Å². The van der Waals surface area contributed by atoms with E-state index in [1.54, 1.807) is 36.4 Å². The molecule has 5 aromatic rings. The summed E-state index contributed by atoms with van der Waals surface area (Å²) in [6.45, 7) is 0.112. The van der Waals surface area contributed by atoms with Gasteiger partial charge in [-0.1, -0.05) is 18.2 Å². The summed E-state index contributed by atoms with van der Waals surface area (Å²) in [7, 11) is 0. The van der Waals surface area contributed by atoms with Crippen LogP contribution in [0.2, 0.25) is 0 Å². The van der Waals surface area contributed by atoms with Gasteiger partial charge in [-0.15, -0.1) is 0 Å². The highest BCUT2D eigenvalue weighted by Gasteiger charge is 2.18. The first-order valence-corrected chi connectivity index (χ1v) is 10.1. The summed E-state index contributed by atoms with van der Waals surface area (Å²) in [6.07, 6.45) is 1.48. The van der Waals surface area contributed by atoms with Crippen molar-refractivity contribution in [2.75, 3.05) is 0 Å². The van der Waals surface area contributed by atoms with Crippen molar-refractivity contribution in [3.8, 4) is 5.75 Å². The first kappa shape index (κ1) is 21.0. The van der Waals surface area contributed by atoms with Crippen LogP contribution in [0.4, 0.5) is 0 Å². The Labute approximate surface area is 190 Å². The van der Waals surface area contributed by atoms with Gasteiger partial charge in [-0.3, -0.25) is 4.79 Å². The number of benzene rings is 2. The van der Waals surface area contributed by atoms with E-state index in [2.05, 4.69) is 5.32 Å². The fourth-order valence-electron chi connectivity index (χ4n) is 3.36. The zero-order chi connectivity index (χ0) is 23.7. The van der Waals surface area contributed by atoms with Gasteiger partial charge >= 0.3 is 17.2 Å². The molecule has 5 rings (SSSR count). The average molecular weight is 457 g/mol. The molecular formula is C25H15NO8. The number of carbonyl (C=O) groups excluding carboxylic acids is 2. The van der Waals surface area contributed by atoms with Gasteiger partial charge in [0.25, 0.3) is 5.91 Å². The van der Waals surface area contributed by atoms with E-state index in [4.69, 9.17) is 18.0 Å². The van der Waals surface area contributed by atoms with Gasteiger partial charge in [0.1, 0.15) is 33.8 Å². The molecule has 0 atom stereocenters. The average Bonchev–Trinajstić information content (AvgIpc) is 3.35. The van der Waals surface area contributed by atoms with Gasteiger partial charge in [0, 0.05) is 16.8 Å². The minimum absolute atomic E-state index is 0.0447. The van der Waals surface area contributed by atoms with Crippen molar-refractivity contribution in [3.05, 3.63) is 111 Å². The summed E-state index contributed by atoms with van der Waals surface area (Å²) in [6, 6.07) is 17.2. The summed E-state index contributed by atoms with van der Waals surface area (Å²) in [5.41, 5.74) is -1.70. The van der Waals surface area contributed by atoms with Crippen LogP contribution in [0.1, 0.15) is 26.5 Å². The lowest BCUT2D eigenvalue weighted by atomic mass is 10.1. The highest BCUT2D eigenvalue weighted by molar-refractivity contribution is 5.97. The number of esters is 1. The fraction of sp³-hybridized carbons (Fsp3) is 0.0400. The van der Waals surface area contributed by atoms with E-state index in [0.717, 1.165) is 0 Å². The van der Waals surface area contributed by atoms with E-state index in [0.29, 0.717) is 22.1 Å². The molecule has 1 amide bonds. The highest BCUT2D eigenvalue weighted by Crippen LogP contribution is 2.22. The number of furan rings is 1. The molecule has 0 aliphatic carbocycles. The molecule has 0 aliphatic heterocycles. The number of para-hydroxylation sites is 1. The third-order valence-electron chi connectivity index (χ3n) is 5.03. The Bertz CT molecular complexity index is 1660. The van der Waals surface area contributed by atoms with Crippen LogP contribution in [-0.4, -0.2) is 11.9 Å². The molecule has 0 aliphatic rings. The largest absolute Gasteiger partial charge is 0.467 e. The predicted octanol–water partition coefficient (Wildman–Crippen LogP) is 3.64. The highest BCUT2D eigenvalue weighted by atomic mass is 16.5. The maximum Gasteiger partial charge on any atom is 0.351 e. The first-order valence-electron chi connectivity index (χ1n) is 10.1. The summed E-state index contributed by atoms with van der Waals surface area (Å²) in [5.74, 6) is -0.964. The van der Waals surface area contributed by atoms with Crippen LogP contribution in [0.15, 0.2) is 95.8 Å². The molecule has 34 heavy (non-hydrogen) atoms. The Kier molecular flexibility index (Phi) is 5.27. The minimum atomic E-state index is -0.921. The second-order valence-electron chi connectivity index (χ2n) is 7.28. The molecular weight excluding hydrogens is 442 g/mol. The Morgan fingerprint density at radius 1 is 0.794 bits per heavy atom. The van der Waals surface area contributed by atoms with E-state index >= 15 is 0 Å². The Morgan fingerprint density at radius 2 is 1.53 bits per heavy atom. The van der Waals surface area contributed by atoms with Gasteiger partial charge in [-0.25, -0.2) is 14.4 Å². The van der Waals surface area contributed by atoms with Crippen molar-refractivity contribution in [1.82, 2.24) is 5.32 Å². The number of nitrogens with one attached hydrogen (secondary N) is 1. The Hall–Kier alpha value is -4.92.